The van der Waals surface area contributed by atoms with E-state index in [1.54, 1.807) is 19.1 Å². The summed E-state index contributed by atoms with van der Waals surface area (Å²) in [4.78, 5) is 12.3. The van der Waals surface area contributed by atoms with Gasteiger partial charge in [-0.3, -0.25) is 0 Å². The summed E-state index contributed by atoms with van der Waals surface area (Å²) in [5.74, 6) is 1.30. The van der Waals surface area contributed by atoms with Gasteiger partial charge < -0.3 is 10.1 Å². The van der Waals surface area contributed by atoms with E-state index in [2.05, 4.69) is 27.2 Å². The second-order valence-electron chi connectivity index (χ2n) is 5.51. The molecule has 2 aromatic heterocycles. The topological polar surface area (TPSA) is 59.9 Å². The van der Waals surface area contributed by atoms with Crippen LogP contribution in [0.1, 0.15) is 43.1 Å². The second-order valence-corrected chi connectivity index (χ2v) is 5.51. The summed E-state index contributed by atoms with van der Waals surface area (Å²) >= 11 is 0. The molecule has 6 heteroatoms. The molecule has 0 aliphatic carbocycles. The summed E-state index contributed by atoms with van der Waals surface area (Å²) in [6.07, 6.45) is 4.79. The van der Waals surface area contributed by atoms with E-state index >= 15 is 0 Å². The molecule has 2 rings (SSSR count). The van der Waals surface area contributed by atoms with E-state index in [4.69, 9.17) is 4.74 Å². The van der Waals surface area contributed by atoms with Crippen LogP contribution in [0.3, 0.4) is 0 Å². The number of halogens is 1. The summed E-state index contributed by atoms with van der Waals surface area (Å²) in [5, 5.41) is 3.10. The Morgan fingerprint density at radius 3 is 2.78 bits per heavy atom. The quantitative estimate of drug-likeness (QED) is 0.592. The van der Waals surface area contributed by atoms with E-state index in [1.165, 1.54) is 6.20 Å². The van der Waals surface area contributed by atoms with Crippen LogP contribution < -0.4 is 10.1 Å². The molecule has 0 saturated heterocycles. The van der Waals surface area contributed by atoms with Crippen LogP contribution in [0.15, 0.2) is 18.3 Å². The molecule has 2 aromatic rings. The van der Waals surface area contributed by atoms with E-state index in [0.29, 0.717) is 36.2 Å². The Morgan fingerprint density at radius 1 is 1.17 bits per heavy atom. The minimum Gasteiger partial charge on any atom is -0.478 e. The lowest BCUT2D eigenvalue weighted by atomic mass is 10.2. The van der Waals surface area contributed by atoms with Gasteiger partial charge in [-0.05, 0) is 31.9 Å². The van der Waals surface area contributed by atoms with E-state index in [0.717, 1.165) is 24.8 Å². The minimum atomic E-state index is -0.468. The fourth-order valence-corrected chi connectivity index (χ4v) is 2.16. The lowest BCUT2D eigenvalue weighted by Crippen LogP contribution is -2.07. The Balaban J connectivity index is 1.99. The van der Waals surface area contributed by atoms with Crippen LogP contribution in [0.5, 0.6) is 5.88 Å². The van der Waals surface area contributed by atoms with Crippen LogP contribution in [-0.4, -0.2) is 21.6 Å². The number of anilines is 1. The van der Waals surface area contributed by atoms with Crippen molar-refractivity contribution < 1.29 is 9.13 Å². The van der Waals surface area contributed by atoms with E-state index < -0.39 is 5.95 Å². The Morgan fingerprint density at radius 2 is 2.00 bits per heavy atom. The summed E-state index contributed by atoms with van der Waals surface area (Å²) < 4.78 is 19.3. The van der Waals surface area contributed by atoms with Gasteiger partial charge in [0.05, 0.1) is 6.61 Å². The van der Waals surface area contributed by atoms with Crippen LogP contribution in [-0.2, 0) is 6.54 Å². The van der Waals surface area contributed by atoms with Crippen LogP contribution >= 0.6 is 0 Å². The molecule has 0 radical (unpaired) electrons. The van der Waals surface area contributed by atoms with Gasteiger partial charge in [0.25, 0.3) is 0 Å². The fraction of sp³-hybridized carbons (Fsp3) is 0.471. The fourth-order valence-electron chi connectivity index (χ4n) is 2.16. The zero-order valence-electron chi connectivity index (χ0n) is 13.9. The average molecular weight is 318 g/mol. The van der Waals surface area contributed by atoms with Crippen LogP contribution in [0.25, 0.3) is 0 Å². The molecule has 0 atom stereocenters. The zero-order chi connectivity index (χ0) is 16.7. The molecular formula is C17H23FN4O. The van der Waals surface area contributed by atoms with Gasteiger partial charge in [-0.1, -0.05) is 19.8 Å². The van der Waals surface area contributed by atoms with Gasteiger partial charge in [-0.15, -0.1) is 0 Å². The highest BCUT2D eigenvalue weighted by Gasteiger charge is 2.06. The van der Waals surface area contributed by atoms with Crippen LogP contribution in [0, 0.1) is 19.8 Å². The highest BCUT2D eigenvalue weighted by molar-refractivity contribution is 5.39. The van der Waals surface area contributed by atoms with Crippen molar-refractivity contribution in [2.45, 2.75) is 46.6 Å². The zero-order valence-corrected chi connectivity index (χ0v) is 13.9. The first-order valence-electron chi connectivity index (χ1n) is 7.92. The second kappa shape index (κ2) is 8.41. The third-order valence-corrected chi connectivity index (χ3v) is 3.32. The predicted octanol–water partition coefficient (Wildman–Crippen LogP) is 3.81. The largest absolute Gasteiger partial charge is 0.478 e. The van der Waals surface area contributed by atoms with Gasteiger partial charge in [-0.2, -0.15) is 9.37 Å². The molecule has 0 unspecified atom stereocenters. The first-order valence-corrected chi connectivity index (χ1v) is 7.92. The van der Waals surface area contributed by atoms with Gasteiger partial charge in [0.15, 0.2) is 0 Å². The molecule has 2 heterocycles. The Kier molecular flexibility index (Phi) is 6.26. The highest BCUT2D eigenvalue weighted by Crippen LogP contribution is 2.16. The van der Waals surface area contributed by atoms with Crippen molar-refractivity contribution in [3.8, 4) is 5.88 Å². The third kappa shape index (κ3) is 5.47. The summed E-state index contributed by atoms with van der Waals surface area (Å²) in [6.45, 7) is 6.79. The number of nitrogens with zero attached hydrogens (tertiary/aromatic N) is 3. The van der Waals surface area contributed by atoms with E-state index in [1.807, 2.05) is 6.92 Å². The SMILES string of the molecule is CCCCCOc1cc(NCc2cc(C)cnc2F)nc(C)n1. The monoisotopic (exact) mass is 318 g/mol. The van der Waals surface area contributed by atoms with Crippen molar-refractivity contribution in [1.82, 2.24) is 15.0 Å². The molecule has 23 heavy (non-hydrogen) atoms. The molecule has 1 N–H and O–H groups in total. The number of hydrogen-bond acceptors (Lipinski definition) is 5. The minimum absolute atomic E-state index is 0.312. The predicted molar refractivity (Wildman–Crippen MR) is 88.0 cm³/mol. The van der Waals surface area contributed by atoms with Crippen molar-refractivity contribution in [2.75, 3.05) is 11.9 Å². The summed E-state index contributed by atoms with van der Waals surface area (Å²) in [6, 6.07) is 3.51. The number of nitrogens with one attached hydrogen (secondary N) is 1. The van der Waals surface area contributed by atoms with Crippen molar-refractivity contribution >= 4 is 5.82 Å². The highest BCUT2D eigenvalue weighted by atomic mass is 19.1. The summed E-state index contributed by atoms with van der Waals surface area (Å²) in [7, 11) is 0. The first-order chi connectivity index (χ1) is 11.1. The Hall–Kier alpha value is -2.24. The Labute approximate surface area is 136 Å². The molecule has 124 valence electrons. The van der Waals surface area contributed by atoms with Crippen LogP contribution in [0.4, 0.5) is 10.2 Å². The number of pyridine rings is 1. The number of rotatable bonds is 8. The molecular weight excluding hydrogens is 295 g/mol. The van der Waals surface area contributed by atoms with Crippen molar-refractivity contribution in [3.63, 3.8) is 0 Å². The third-order valence-electron chi connectivity index (χ3n) is 3.32. The maximum absolute atomic E-state index is 13.7. The standard InChI is InChI=1S/C17H23FN4O/c1-4-5-6-7-23-16-9-15(21-13(3)22-16)19-11-14-8-12(2)10-20-17(14)18/h8-10H,4-7,11H2,1-3H3,(H,19,21,22). The molecule has 0 saturated carbocycles. The van der Waals surface area contributed by atoms with Gasteiger partial charge in [-0.25, -0.2) is 9.97 Å². The summed E-state index contributed by atoms with van der Waals surface area (Å²) in [5.41, 5.74) is 1.42. The van der Waals surface area contributed by atoms with E-state index in [-0.39, 0.29) is 0 Å². The molecule has 0 amide bonds. The van der Waals surface area contributed by atoms with Crippen LogP contribution in [0.2, 0.25) is 0 Å². The van der Waals surface area contributed by atoms with Crippen molar-refractivity contribution in [3.05, 3.63) is 41.2 Å². The molecule has 0 fully saturated rings. The molecule has 0 aliphatic heterocycles. The number of aryl methyl sites for hydroxylation is 2. The van der Waals surface area contributed by atoms with Gasteiger partial charge in [0, 0.05) is 24.4 Å². The first kappa shape index (κ1) is 17.1. The number of ether oxygens (including phenoxy) is 1. The molecule has 0 bridgehead atoms. The van der Waals surface area contributed by atoms with Crippen molar-refractivity contribution in [2.24, 2.45) is 0 Å². The Bertz CT molecular complexity index is 648. The average Bonchev–Trinajstić information content (AvgIpc) is 2.52. The lowest BCUT2D eigenvalue weighted by molar-refractivity contribution is 0.294. The maximum Gasteiger partial charge on any atom is 0.218 e. The molecule has 0 spiro atoms. The van der Waals surface area contributed by atoms with E-state index in [9.17, 15) is 4.39 Å². The number of aromatic nitrogens is 3. The van der Waals surface area contributed by atoms with Gasteiger partial charge in [0.1, 0.15) is 11.6 Å². The molecule has 5 nitrogen and oxygen atoms in total. The number of hydrogen-bond donors (Lipinski definition) is 1. The smallest absolute Gasteiger partial charge is 0.218 e. The van der Waals surface area contributed by atoms with Crippen molar-refractivity contribution in [1.29, 1.82) is 0 Å². The van der Waals surface area contributed by atoms with Gasteiger partial charge >= 0.3 is 0 Å². The maximum atomic E-state index is 13.7. The lowest BCUT2D eigenvalue weighted by Gasteiger charge is -2.10. The molecule has 0 aliphatic rings. The normalized spacial score (nSPS) is 10.6. The molecule has 0 aromatic carbocycles. The van der Waals surface area contributed by atoms with Gasteiger partial charge in [0.2, 0.25) is 11.8 Å². The number of unbranched alkanes of at least 4 members (excludes halogenated alkanes) is 2.